The van der Waals surface area contributed by atoms with Crippen molar-refractivity contribution >= 4 is 23.3 Å². The number of rotatable bonds is 4. The molecule has 0 saturated carbocycles. The Hall–Kier alpha value is -3.02. The normalized spacial score (nSPS) is 16.7. The Bertz CT molecular complexity index is 864. The van der Waals surface area contributed by atoms with Gasteiger partial charge in [-0.1, -0.05) is 12.1 Å². The number of benzene rings is 2. The van der Waals surface area contributed by atoms with Crippen molar-refractivity contribution in [2.45, 2.75) is 19.8 Å². The van der Waals surface area contributed by atoms with Gasteiger partial charge in [-0.05, 0) is 56.2 Å². The number of carbonyl (C=O) groups excluding carboxylic acids is 3. The van der Waals surface area contributed by atoms with Crippen LogP contribution in [-0.4, -0.2) is 35.6 Å². The Balaban J connectivity index is 1.66. The summed E-state index contributed by atoms with van der Waals surface area (Å²) < 4.78 is 13.0. The number of halogens is 1. The zero-order valence-electron chi connectivity index (χ0n) is 15.1. The van der Waals surface area contributed by atoms with E-state index in [1.807, 2.05) is 0 Å². The van der Waals surface area contributed by atoms with E-state index in [-0.39, 0.29) is 23.5 Å². The number of amides is 2. The Kier molecular flexibility index (Phi) is 5.64. The highest BCUT2D eigenvalue weighted by molar-refractivity contribution is 5.98. The average Bonchev–Trinajstić information content (AvgIpc) is 2.68. The van der Waals surface area contributed by atoms with E-state index in [4.69, 9.17) is 0 Å². The van der Waals surface area contributed by atoms with Gasteiger partial charge in [0.25, 0.3) is 5.91 Å². The minimum absolute atomic E-state index is 0.0696. The number of ketones is 1. The summed E-state index contributed by atoms with van der Waals surface area (Å²) in [6, 6.07) is 12.2. The molecular weight excluding hydrogens is 347 g/mol. The number of nitrogens with one attached hydrogen (secondary N) is 1. The minimum Gasteiger partial charge on any atom is -0.338 e. The summed E-state index contributed by atoms with van der Waals surface area (Å²) in [5.41, 5.74) is 1.51. The molecule has 1 fully saturated rings. The van der Waals surface area contributed by atoms with E-state index in [1.165, 1.54) is 31.2 Å². The summed E-state index contributed by atoms with van der Waals surface area (Å²) >= 11 is 0. The van der Waals surface area contributed by atoms with Crippen molar-refractivity contribution in [3.05, 3.63) is 65.5 Å². The van der Waals surface area contributed by atoms with Crippen LogP contribution in [0.2, 0.25) is 0 Å². The van der Waals surface area contributed by atoms with E-state index in [0.29, 0.717) is 36.3 Å². The van der Waals surface area contributed by atoms with Gasteiger partial charge in [-0.15, -0.1) is 0 Å². The van der Waals surface area contributed by atoms with Gasteiger partial charge >= 0.3 is 0 Å². The van der Waals surface area contributed by atoms with Gasteiger partial charge in [0.05, 0.1) is 5.92 Å². The highest BCUT2D eigenvalue weighted by atomic mass is 19.1. The van der Waals surface area contributed by atoms with Gasteiger partial charge in [0.1, 0.15) is 5.82 Å². The van der Waals surface area contributed by atoms with E-state index in [9.17, 15) is 18.8 Å². The van der Waals surface area contributed by atoms with Gasteiger partial charge in [0.15, 0.2) is 5.78 Å². The van der Waals surface area contributed by atoms with E-state index in [2.05, 4.69) is 5.32 Å². The highest BCUT2D eigenvalue weighted by Crippen LogP contribution is 2.21. The van der Waals surface area contributed by atoms with Crippen LogP contribution in [0.5, 0.6) is 0 Å². The second-order valence-corrected chi connectivity index (χ2v) is 6.72. The molecule has 1 aliphatic heterocycles. The van der Waals surface area contributed by atoms with E-state index in [0.717, 1.165) is 6.42 Å². The van der Waals surface area contributed by atoms with Crippen molar-refractivity contribution in [3.63, 3.8) is 0 Å². The van der Waals surface area contributed by atoms with Gasteiger partial charge in [-0.2, -0.15) is 0 Å². The first-order chi connectivity index (χ1) is 12.9. The lowest BCUT2D eigenvalue weighted by Gasteiger charge is -2.32. The van der Waals surface area contributed by atoms with Crippen molar-refractivity contribution in [2.75, 3.05) is 18.4 Å². The third-order valence-corrected chi connectivity index (χ3v) is 4.71. The predicted molar refractivity (Wildman–Crippen MR) is 100 cm³/mol. The van der Waals surface area contributed by atoms with Crippen LogP contribution >= 0.6 is 0 Å². The molecule has 3 rings (SSSR count). The number of nitrogens with zero attached hydrogens (tertiary/aromatic N) is 1. The number of carbonyl (C=O) groups is 3. The molecule has 1 atom stereocenters. The molecule has 2 amide bonds. The molecule has 140 valence electrons. The number of anilines is 1. The Morgan fingerprint density at radius 1 is 1.07 bits per heavy atom. The summed E-state index contributed by atoms with van der Waals surface area (Å²) in [7, 11) is 0. The fourth-order valence-corrected chi connectivity index (χ4v) is 3.21. The van der Waals surface area contributed by atoms with Crippen molar-refractivity contribution in [1.82, 2.24) is 4.90 Å². The second-order valence-electron chi connectivity index (χ2n) is 6.72. The van der Waals surface area contributed by atoms with E-state index >= 15 is 0 Å². The van der Waals surface area contributed by atoms with E-state index in [1.54, 1.807) is 29.2 Å². The molecular formula is C21H21FN2O3. The maximum Gasteiger partial charge on any atom is 0.253 e. The molecule has 1 heterocycles. The monoisotopic (exact) mass is 368 g/mol. The molecule has 1 aliphatic rings. The SMILES string of the molecule is CC(=O)c1cccc(NC(=O)C2CCCN(C(=O)c3ccc(F)cc3)C2)c1. The quantitative estimate of drug-likeness (QED) is 0.840. The van der Waals surface area contributed by atoms with Crippen molar-refractivity contribution < 1.29 is 18.8 Å². The van der Waals surface area contributed by atoms with Crippen LogP contribution in [0.3, 0.4) is 0 Å². The van der Waals surface area contributed by atoms with Crippen LogP contribution in [-0.2, 0) is 4.79 Å². The molecule has 1 unspecified atom stereocenters. The summed E-state index contributed by atoms with van der Waals surface area (Å²) in [4.78, 5) is 38.3. The molecule has 5 nitrogen and oxygen atoms in total. The second kappa shape index (κ2) is 8.12. The summed E-state index contributed by atoms with van der Waals surface area (Å²) in [6.07, 6.45) is 1.41. The molecule has 6 heteroatoms. The molecule has 0 radical (unpaired) electrons. The number of hydrogen-bond donors (Lipinski definition) is 1. The van der Waals surface area contributed by atoms with Crippen molar-refractivity contribution in [1.29, 1.82) is 0 Å². The van der Waals surface area contributed by atoms with Gasteiger partial charge in [0.2, 0.25) is 5.91 Å². The maximum absolute atomic E-state index is 13.0. The molecule has 0 aliphatic carbocycles. The van der Waals surface area contributed by atoms with Crippen molar-refractivity contribution in [2.24, 2.45) is 5.92 Å². The predicted octanol–water partition coefficient (Wildman–Crippen LogP) is 3.52. The standard InChI is InChI=1S/C21H21FN2O3/c1-14(25)16-4-2-6-19(12-16)23-20(26)17-5-3-11-24(13-17)21(27)15-7-9-18(22)10-8-15/h2,4,6-10,12,17H,3,5,11,13H2,1H3,(H,23,26). The van der Waals surface area contributed by atoms with E-state index < -0.39 is 5.82 Å². The molecule has 1 N–H and O–H groups in total. The molecule has 1 saturated heterocycles. The fraction of sp³-hybridized carbons (Fsp3) is 0.286. The topological polar surface area (TPSA) is 66.5 Å². The lowest BCUT2D eigenvalue weighted by Crippen LogP contribution is -2.43. The third kappa shape index (κ3) is 4.58. The summed E-state index contributed by atoms with van der Waals surface area (Å²) in [5, 5.41) is 2.83. The Labute approximate surface area is 157 Å². The molecule has 0 aromatic heterocycles. The minimum atomic E-state index is -0.393. The summed E-state index contributed by atoms with van der Waals surface area (Å²) in [6.45, 7) is 2.36. The molecule has 0 bridgehead atoms. The third-order valence-electron chi connectivity index (χ3n) is 4.71. The van der Waals surface area contributed by atoms with Gasteiger partial charge in [0, 0.05) is 29.9 Å². The number of likely N-dealkylation sites (tertiary alicyclic amines) is 1. The first kappa shape index (κ1) is 18.8. The fourth-order valence-electron chi connectivity index (χ4n) is 3.21. The molecule has 0 spiro atoms. The maximum atomic E-state index is 13.0. The molecule has 27 heavy (non-hydrogen) atoms. The lowest BCUT2D eigenvalue weighted by atomic mass is 9.96. The number of piperidine rings is 1. The van der Waals surface area contributed by atoms with Crippen LogP contribution in [0.4, 0.5) is 10.1 Å². The molecule has 2 aromatic carbocycles. The zero-order valence-corrected chi connectivity index (χ0v) is 15.1. The Morgan fingerprint density at radius 3 is 2.52 bits per heavy atom. The van der Waals surface area contributed by atoms with Crippen LogP contribution < -0.4 is 5.32 Å². The van der Waals surface area contributed by atoms with Gasteiger partial charge < -0.3 is 10.2 Å². The first-order valence-electron chi connectivity index (χ1n) is 8.91. The van der Waals surface area contributed by atoms with Crippen LogP contribution in [0, 0.1) is 11.7 Å². The number of Topliss-reactive ketones (excluding diaryl/α,β-unsaturated/α-hetero) is 1. The number of hydrogen-bond acceptors (Lipinski definition) is 3. The average molecular weight is 368 g/mol. The lowest BCUT2D eigenvalue weighted by molar-refractivity contribution is -0.121. The first-order valence-corrected chi connectivity index (χ1v) is 8.91. The largest absolute Gasteiger partial charge is 0.338 e. The van der Waals surface area contributed by atoms with Crippen molar-refractivity contribution in [3.8, 4) is 0 Å². The van der Waals surface area contributed by atoms with Crippen LogP contribution in [0.25, 0.3) is 0 Å². The Morgan fingerprint density at radius 2 is 1.81 bits per heavy atom. The highest BCUT2D eigenvalue weighted by Gasteiger charge is 2.29. The zero-order chi connectivity index (χ0) is 19.4. The van der Waals surface area contributed by atoms with Crippen LogP contribution in [0.15, 0.2) is 48.5 Å². The molecule has 2 aromatic rings. The summed E-state index contributed by atoms with van der Waals surface area (Å²) in [5.74, 6) is -1.17. The van der Waals surface area contributed by atoms with Gasteiger partial charge in [-0.3, -0.25) is 14.4 Å². The van der Waals surface area contributed by atoms with Gasteiger partial charge in [-0.25, -0.2) is 4.39 Å². The smallest absolute Gasteiger partial charge is 0.253 e. The van der Waals surface area contributed by atoms with Crippen LogP contribution in [0.1, 0.15) is 40.5 Å².